The molecule has 0 aromatic heterocycles. The Kier molecular flexibility index (Phi) is 39.3. The van der Waals surface area contributed by atoms with Crippen LogP contribution in [0, 0.1) is 0 Å². The predicted octanol–water partition coefficient (Wildman–Crippen LogP) is 13.1. The van der Waals surface area contributed by atoms with Gasteiger partial charge < -0.3 is 25.3 Å². The average Bonchev–Trinajstić information content (AvgIpc) is 3.12. The lowest BCUT2D eigenvalue weighted by Gasteiger charge is -2.28. The first kappa shape index (κ1) is 52.5. The zero-order chi connectivity index (χ0) is 39.1. The van der Waals surface area contributed by atoms with Crippen molar-refractivity contribution >= 4 is 13.7 Å². The molecular formula is C44H90NO7P. The van der Waals surface area contributed by atoms with Gasteiger partial charge in [0.2, 0.25) is 5.91 Å². The van der Waals surface area contributed by atoms with E-state index in [4.69, 9.17) is 0 Å². The van der Waals surface area contributed by atoms with Gasteiger partial charge in [-0.05, 0) is 12.8 Å². The van der Waals surface area contributed by atoms with Crippen molar-refractivity contribution in [2.24, 2.45) is 0 Å². The van der Waals surface area contributed by atoms with Crippen LogP contribution in [0.25, 0.3) is 0 Å². The molecule has 0 heterocycles. The van der Waals surface area contributed by atoms with Crippen molar-refractivity contribution in [3.8, 4) is 0 Å². The molecule has 0 spiro atoms. The highest BCUT2D eigenvalue weighted by molar-refractivity contribution is 7.46. The predicted molar refractivity (Wildman–Crippen MR) is 224 cm³/mol. The Morgan fingerprint density at radius 2 is 0.736 bits per heavy atom. The Hall–Kier alpha value is -0.500. The van der Waals surface area contributed by atoms with Gasteiger partial charge in [-0.3, -0.25) is 9.32 Å². The molecule has 5 N–H and O–H groups in total. The minimum Gasteiger partial charge on any atom is -0.391 e. The molecule has 0 saturated carbocycles. The van der Waals surface area contributed by atoms with Crippen molar-refractivity contribution in [1.29, 1.82) is 0 Å². The minimum atomic E-state index is -4.99. The summed E-state index contributed by atoms with van der Waals surface area (Å²) in [5.41, 5.74) is 0. The summed E-state index contributed by atoms with van der Waals surface area (Å²) in [6, 6.07) is -1.29. The quantitative estimate of drug-likeness (QED) is 0.0236. The normalized spacial score (nSPS) is 13.7. The van der Waals surface area contributed by atoms with Gasteiger partial charge in [0.25, 0.3) is 0 Å². The van der Waals surface area contributed by atoms with Crippen molar-refractivity contribution in [2.75, 3.05) is 0 Å². The smallest absolute Gasteiger partial charge is 0.391 e. The Bertz CT molecular complexity index is 811. The van der Waals surface area contributed by atoms with Crippen LogP contribution in [0.1, 0.15) is 258 Å². The molecule has 1 amide bonds. The third-order valence-electron chi connectivity index (χ3n) is 10.9. The fraction of sp³-hybridized carbons (Fsp3) is 0.977. The third kappa shape index (κ3) is 39.5. The first-order valence-corrected chi connectivity index (χ1v) is 24.6. The molecular weight excluding hydrogens is 685 g/mol. The largest absolute Gasteiger partial charge is 0.471 e. The van der Waals surface area contributed by atoms with Gasteiger partial charge in [-0.25, -0.2) is 4.57 Å². The minimum absolute atomic E-state index is 0.240. The van der Waals surface area contributed by atoms with Crippen LogP contribution in [0.4, 0.5) is 0 Å². The number of carbonyl (C=O) groups is 1. The summed E-state index contributed by atoms with van der Waals surface area (Å²) in [5, 5.41) is 23.7. The van der Waals surface area contributed by atoms with Gasteiger partial charge in [0.15, 0.2) is 6.29 Å². The maximum absolute atomic E-state index is 12.7. The summed E-state index contributed by atoms with van der Waals surface area (Å²) in [5.74, 6) is -0.351. The molecule has 0 rings (SSSR count). The van der Waals surface area contributed by atoms with Crippen molar-refractivity contribution in [3.05, 3.63) is 0 Å². The van der Waals surface area contributed by atoms with E-state index < -0.39 is 26.3 Å². The van der Waals surface area contributed by atoms with E-state index in [0.717, 1.165) is 38.5 Å². The fourth-order valence-electron chi connectivity index (χ4n) is 7.44. The molecule has 318 valence electrons. The van der Waals surface area contributed by atoms with E-state index in [-0.39, 0.29) is 12.3 Å². The van der Waals surface area contributed by atoms with Crippen LogP contribution in [0.2, 0.25) is 0 Å². The number of aliphatic hydroxyl groups excluding tert-OH is 2. The van der Waals surface area contributed by atoms with E-state index >= 15 is 0 Å². The lowest BCUT2D eigenvalue weighted by Crippen LogP contribution is -2.51. The Morgan fingerprint density at radius 1 is 0.472 bits per heavy atom. The van der Waals surface area contributed by atoms with E-state index in [1.165, 1.54) is 180 Å². The zero-order valence-corrected chi connectivity index (χ0v) is 36.0. The second-order valence-electron chi connectivity index (χ2n) is 16.2. The van der Waals surface area contributed by atoms with E-state index in [9.17, 15) is 29.4 Å². The highest BCUT2D eigenvalue weighted by Crippen LogP contribution is 2.38. The molecule has 0 aliphatic carbocycles. The Morgan fingerprint density at radius 3 is 1.02 bits per heavy atom. The molecule has 1 unspecified atom stereocenters. The third-order valence-corrected chi connectivity index (χ3v) is 11.4. The number of rotatable bonds is 43. The van der Waals surface area contributed by atoms with Gasteiger partial charge in [0.1, 0.15) is 6.04 Å². The number of carbonyl (C=O) groups excluding carboxylic acids is 1. The number of hydrogen-bond donors (Lipinski definition) is 5. The molecule has 3 atom stereocenters. The number of phosphoric acid groups is 1. The number of hydrogen-bond acceptors (Lipinski definition) is 5. The standard InChI is InChI=1S/C44H90NO7P/c1-3-5-7-9-11-13-15-17-18-19-20-21-22-23-24-25-26-28-30-32-34-36-38-40-42(47)45-43(44(48)52-53(49,50)51)41(46)39-37-35-33-31-29-27-16-14-12-10-8-6-4-2/h41,43-44,46,48H,3-40H2,1-2H3,(H,45,47)(H2,49,50,51)/t41-,43+,44?/m1/s1. The van der Waals surface area contributed by atoms with Crippen LogP contribution in [-0.2, 0) is 13.9 Å². The van der Waals surface area contributed by atoms with Crippen LogP contribution >= 0.6 is 7.82 Å². The first-order valence-electron chi connectivity index (χ1n) is 23.1. The molecule has 8 nitrogen and oxygen atoms in total. The van der Waals surface area contributed by atoms with Crippen molar-refractivity contribution in [1.82, 2.24) is 5.32 Å². The van der Waals surface area contributed by atoms with Gasteiger partial charge in [0.05, 0.1) is 6.10 Å². The lowest BCUT2D eigenvalue weighted by atomic mass is 10.0. The second kappa shape index (κ2) is 39.7. The van der Waals surface area contributed by atoms with Gasteiger partial charge in [0, 0.05) is 6.42 Å². The maximum atomic E-state index is 12.7. The van der Waals surface area contributed by atoms with Crippen molar-refractivity contribution < 1.29 is 33.9 Å². The summed E-state index contributed by atoms with van der Waals surface area (Å²) in [6.07, 6.45) is 43.1. The highest BCUT2D eigenvalue weighted by Gasteiger charge is 2.33. The molecule has 0 bridgehead atoms. The molecule has 0 radical (unpaired) electrons. The molecule has 53 heavy (non-hydrogen) atoms. The zero-order valence-electron chi connectivity index (χ0n) is 35.1. The summed E-state index contributed by atoms with van der Waals surface area (Å²) in [4.78, 5) is 31.0. The number of unbranched alkanes of at least 4 members (excludes halogenated alkanes) is 34. The Labute approximate surface area is 328 Å². The van der Waals surface area contributed by atoms with E-state index in [0.29, 0.717) is 19.3 Å². The maximum Gasteiger partial charge on any atom is 0.471 e. The molecule has 0 fully saturated rings. The summed E-state index contributed by atoms with van der Waals surface area (Å²) >= 11 is 0. The first-order chi connectivity index (χ1) is 25.7. The van der Waals surface area contributed by atoms with Gasteiger partial charge in [-0.1, -0.05) is 239 Å². The van der Waals surface area contributed by atoms with Crippen LogP contribution in [0.5, 0.6) is 0 Å². The summed E-state index contributed by atoms with van der Waals surface area (Å²) in [6.45, 7) is 4.52. The van der Waals surface area contributed by atoms with E-state index in [2.05, 4.69) is 23.7 Å². The van der Waals surface area contributed by atoms with Crippen LogP contribution in [0.15, 0.2) is 0 Å². The molecule has 0 aromatic rings. The number of amides is 1. The van der Waals surface area contributed by atoms with Crippen molar-refractivity contribution in [2.45, 2.75) is 276 Å². The molecule has 0 aliphatic heterocycles. The number of phosphoric ester groups is 1. The Balaban J connectivity index is 3.87. The molecule has 0 aliphatic rings. The molecule has 0 aromatic carbocycles. The van der Waals surface area contributed by atoms with Gasteiger partial charge in [-0.15, -0.1) is 0 Å². The van der Waals surface area contributed by atoms with Crippen LogP contribution in [0.3, 0.4) is 0 Å². The SMILES string of the molecule is CCCCCCCCCCCCCCCCCCCCCCCCCC(=O)N[C@H](C(O)OP(=O)(O)O)[C@H](O)CCCCCCCCCCCCCCC. The highest BCUT2D eigenvalue weighted by atomic mass is 31.2. The summed E-state index contributed by atoms with van der Waals surface area (Å²) in [7, 11) is -4.99. The monoisotopic (exact) mass is 776 g/mol. The van der Waals surface area contributed by atoms with Crippen LogP contribution in [-0.4, -0.2) is 44.3 Å². The topological polar surface area (TPSA) is 136 Å². The van der Waals surface area contributed by atoms with Gasteiger partial charge >= 0.3 is 7.82 Å². The fourth-order valence-corrected chi connectivity index (χ4v) is 7.86. The average molecular weight is 776 g/mol. The lowest BCUT2D eigenvalue weighted by molar-refractivity contribution is -0.131. The van der Waals surface area contributed by atoms with Gasteiger partial charge in [-0.2, -0.15) is 0 Å². The molecule has 0 saturated heterocycles. The van der Waals surface area contributed by atoms with E-state index in [1.54, 1.807) is 0 Å². The second-order valence-corrected chi connectivity index (χ2v) is 17.4. The van der Waals surface area contributed by atoms with Crippen LogP contribution < -0.4 is 5.32 Å². The number of aliphatic hydroxyl groups is 2. The summed E-state index contributed by atoms with van der Waals surface area (Å²) < 4.78 is 15.8. The van der Waals surface area contributed by atoms with E-state index in [1.807, 2.05) is 0 Å². The number of nitrogens with one attached hydrogen (secondary N) is 1. The molecule has 9 heteroatoms. The van der Waals surface area contributed by atoms with Crippen molar-refractivity contribution in [3.63, 3.8) is 0 Å².